The van der Waals surface area contributed by atoms with Crippen LogP contribution >= 0.6 is 28.1 Å². The lowest BCUT2D eigenvalue weighted by atomic mass is 9.96. The number of nitrogens with zero attached hydrogens (tertiary/aromatic N) is 3. The fourth-order valence-electron chi connectivity index (χ4n) is 4.64. The molecule has 0 bridgehead atoms. The summed E-state index contributed by atoms with van der Waals surface area (Å²) in [4.78, 5) is 6.89. The van der Waals surface area contributed by atoms with Crippen LogP contribution in [-0.4, -0.2) is 14.7 Å². The summed E-state index contributed by atoms with van der Waals surface area (Å²) in [5.74, 6) is 0. The molecule has 0 spiro atoms. The van der Waals surface area contributed by atoms with Crippen LogP contribution in [-0.2, 0) is 0 Å². The van der Waals surface area contributed by atoms with Crippen molar-refractivity contribution < 1.29 is 0 Å². The van der Waals surface area contributed by atoms with Crippen molar-refractivity contribution in [3.05, 3.63) is 112 Å². The normalized spacial score (nSPS) is 18.1. The largest absolute Gasteiger partial charge is 0.351 e. The van der Waals surface area contributed by atoms with E-state index in [4.69, 9.17) is 12.2 Å². The highest BCUT2D eigenvalue weighted by Gasteiger charge is 2.42. The molecule has 0 aliphatic carbocycles. The highest BCUT2D eigenvalue weighted by atomic mass is 79.9. The zero-order chi connectivity index (χ0) is 22.2. The molecule has 0 unspecified atom stereocenters. The first-order chi connectivity index (χ1) is 15.5. The third kappa shape index (κ3) is 3.63. The lowest BCUT2D eigenvalue weighted by Crippen LogP contribution is -2.29. The SMILES string of the molecule is Cc1cc([C@H]2[C@H](c3ccccn3)NC(=S)N2c2ccccc2)c(C)n1-c1cccc(Br)c1. The molecule has 4 aromatic rings. The van der Waals surface area contributed by atoms with E-state index >= 15 is 0 Å². The molecule has 32 heavy (non-hydrogen) atoms. The van der Waals surface area contributed by atoms with Gasteiger partial charge in [0.15, 0.2) is 5.11 Å². The van der Waals surface area contributed by atoms with Crippen LogP contribution in [0.15, 0.2) is 89.5 Å². The van der Waals surface area contributed by atoms with Crippen molar-refractivity contribution >= 4 is 38.9 Å². The minimum Gasteiger partial charge on any atom is -0.351 e. The molecule has 2 aromatic carbocycles. The van der Waals surface area contributed by atoms with E-state index in [1.807, 2.05) is 42.6 Å². The van der Waals surface area contributed by atoms with Crippen LogP contribution in [0, 0.1) is 13.8 Å². The number of rotatable bonds is 4. The standard InChI is InChI=1S/C26H23BrN4S/c1-17-15-22(18(2)30(17)21-12-8-9-19(27)16-21)25-24(23-13-6-7-14-28-23)29-26(32)31(25)20-10-4-3-5-11-20/h3-16,24-25H,1-2H3,(H,29,32)/t24-,25-/m0/s1. The molecule has 1 aliphatic rings. The molecule has 160 valence electrons. The summed E-state index contributed by atoms with van der Waals surface area (Å²) in [5, 5.41) is 4.26. The molecule has 6 heteroatoms. The lowest BCUT2D eigenvalue weighted by molar-refractivity contribution is 0.565. The van der Waals surface area contributed by atoms with E-state index in [0.717, 1.165) is 21.5 Å². The van der Waals surface area contributed by atoms with Crippen LogP contribution in [0.4, 0.5) is 5.69 Å². The second kappa shape index (κ2) is 8.52. The average molecular weight is 503 g/mol. The monoisotopic (exact) mass is 502 g/mol. The topological polar surface area (TPSA) is 33.1 Å². The number of thiocarbonyl (C=S) groups is 1. The number of para-hydroxylation sites is 1. The minimum absolute atomic E-state index is 0.0214. The van der Waals surface area contributed by atoms with Crippen molar-refractivity contribution in [1.82, 2.24) is 14.9 Å². The molecule has 1 fully saturated rings. The van der Waals surface area contributed by atoms with E-state index in [2.05, 4.69) is 92.0 Å². The van der Waals surface area contributed by atoms with Gasteiger partial charge in [0.2, 0.25) is 0 Å². The van der Waals surface area contributed by atoms with E-state index in [9.17, 15) is 0 Å². The summed E-state index contributed by atoms with van der Waals surface area (Å²) in [6.07, 6.45) is 1.84. The molecule has 4 nitrogen and oxygen atoms in total. The van der Waals surface area contributed by atoms with Gasteiger partial charge in [0.1, 0.15) is 0 Å². The van der Waals surface area contributed by atoms with E-state index in [0.29, 0.717) is 5.11 Å². The number of aryl methyl sites for hydroxylation is 1. The van der Waals surface area contributed by atoms with Gasteiger partial charge in [0.25, 0.3) is 0 Å². The molecule has 0 radical (unpaired) electrons. The Balaban J connectivity index is 1.68. The van der Waals surface area contributed by atoms with Crippen LogP contribution in [0.1, 0.15) is 34.7 Å². The number of hydrogen-bond acceptors (Lipinski definition) is 2. The zero-order valence-electron chi connectivity index (χ0n) is 17.9. The van der Waals surface area contributed by atoms with E-state index < -0.39 is 0 Å². The van der Waals surface area contributed by atoms with Crippen molar-refractivity contribution in [1.29, 1.82) is 0 Å². The number of pyridine rings is 1. The second-order valence-corrected chi connectivity index (χ2v) is 9.28. The molecule has 2 aromatic heterocycles. The third-order valence-electron chi connectivity index (χ3n) is 5.99. The van der Waals surface area contributed by atoms with Gasteiger partial charge in [-0.2, -0.15) is 0 Å². The Morgan fingerprint density at radius 1 is 0.906 bits per heavy atom. The van der Waals surface area contributed by atoms with E-state index in [1.54, 1.807) is 0 Å². The minimum atomic E-state index is -0.0552. The highest BCUT2D eigenvalue weighted by molar-refractivity contribution is 9.10. The predicted molar refractivity (Wildman–Crippen MR) is 137 cm³/mol. The third-order valence-corrected chi connectivity index (χ3v) is 6.80. The summed E-state index contributed by atoms with van der Waals surface area (Å²) in [6.45, 7) is 4.34. The average Bonchev–Trinajstić information content (AvgIpc) is 3.30. The van der Waals surface area contributed by atoms with Crippen LogP contribution in [0.3, 0.4) is 0 Å². The summed E-state index contributed by atoms with van der Waals surface area (Å²) in [7, 11) is 0. The Bertz CT molecular complexity index is 1270. The molecular formula is C26H23BrN4S. The summed E-state index contributed by atoms with van der Waals surface area (Å²) in [6, 6.07) is 27.0. The quantitative estimate of drug-likeness (QED) is 0.326. The van der Waals surface area contributed by atoms with Crippen LogP contribution in [0.25, 0.3) is 5.69 Å². The van der Waals surface area contributed by atoms with Crippen LogP contribution in [0.5, 0.6) is 0 Å². The van der Waals surface area contributed by atoms with Crippen LogP contribution < -0.4 is 10.2 Å². The highest BCUT2D eigenvalue weighted by Crippen LogP contribution is 2.43. The Kier molecular flexibility index (Phi) is 5.57. The van der Waals surface area contributed by atoms with Gasteiger partial charge >= 0.3 is 0 Å². The van der Waals surface area contributed by atoms with E-state index in [1.165, 1.54) is 17.0 Å². The Labute approximate surface area is 202 Å². The van der Waals surface area contributed by atoms with E-state index in [-0.39, 0.29) is 12.1 Å². The summed E-state index contributed by atoms with van der Waals surface area (Å²) >= 11 is 9.46. The molecule has 0 saturated carbocycles. The van der Waals surface area contributed by atoms with Gasteiger partial charge in [-0.05, 0) is 80.2 Å². The molecule has 3 heterocycles. The van der Waals surface area contributed by atoms with Gasteiger partial charge in [0.05, 0.1) is 17.8 Å². The smallest absolute Gasteiger partial charge is 0.174 e. The Morgan fingerprint density at radius 3 is 2.38 bits per heavy atom. The maximum atomic E-state index is 5.84. The van der Waals surface area contributed by atoms with Gasteiger partial charge in [-0.15, -0.1) is 0 Å². The van der Waals surface area contributed by atoms with Crippen molar-refractivity contribution in [3.63, 3.8) is 0 Å². The molecule has 1 aliphatic heterocycles. The number of benzene rings is 2. The molecule has 2 atom stereocenters. The van der Waals surface area contributed by atoms with Gasteiger partial charge in [-0.3, -0.25) is 4.98 Å². The molecule has 1 saturated heterocycles. The van der Waals surface area contributed by atoms with Crippen LogP contribution in [0.2, 0.25) is 0 Å². The summed E-state index contributed by atoms with van der Waals surface area (Å²) in [5.41, 5.74) is 6.79. The first kappa shape index (κ1) is 20.9. The summed E-state index contributed by atoms with van der Waals surface area (Å²) < 4.78 is 3.37. The van der Waals surface area contributed by atoms with Gasteiger partial charge in [0, 0.05) is 33.4 Å². The van der Waals surface area contributed by atoms with Crippen molar-refractivity contribution in [2.45, 2.75) is 25.9 Å². The number of hydrogen-bond donors (Lipinski definition) is 1. The molecule has 0 amide bonds. The Morgan fingerprint density at radius 2 is 1.66 bits per heavy atom. The second-order valence-electron chi connectivity index (χ2n) is 7.97. The Hall–Kier alpha value is -2.96. The first-order valence-corrected chi connectivity index (χ1v) is 11.7. The number of halogens is 1. The number of anilines is 1. The first-order valence-electron chi connectivity index (χ1n) is 10.5. The maximum Gasteiger partial charge on any atom is 0.174 e. The predicted octanol–water partition coefficient (Wildman–Crippen LogP) is 6.43. The van der Waals surface area contributed by atoms with Gasteiger partial charge < -0.3 is 14.8 Å². The fourth-order valence-corrected chi connectivity index (χ4v) is 5.37. The molecule has 1 N–H and O–H groups in total. The number of nitrogens with one attached hydrogen (secondary N) is 1. The van der Waals surface area contributed by atoms with Crippen molar-refractivity contribution in [3.8, 4) is 5.69 Å². The van der Waals surface area contributed by atoms with Crippen molar-refractivity contribution in [2.75, 3.05) is 4.90 Å². The maximum absolute atomic E-state index is 5.84. The molecule has 5 rings (SSSR count). The van der Waals surface area contributed by atoms with Gasteiger partial charge in [-0.1, -0.05) is 46.3 Å². The molecular weight excluding hydrogens is 480 g/mol. The number of aromatic nitrogens is 2. The van der Waals surface area contributed by atoms with Gasteiger partial charge in [-0.25, -0.2) is 0 Å². The fraction of sp³-hybridized carbons (Fsp3) is 0.154. The lowest BCUT2D eigenvalue weighted by Gasteiger charge is -2.28. The van der Waals surface area contributed by atoms with Crippen molar-refractivity contribution in [2.24, 2.45) is 0 Å². The zero-order valence-corrected chi connectivity index (χ0v) is 20.3.